The van der Waals surface area contributed by atoms with Gasteiger partial charge in [-0.25, -0.2) is 19.8 Å². The molecule has 3 aliphatic rings. The number of halogens is 1. The van der Waals surface area contributed by atoms with Gasteiger partial charge in [0.05, 0.1) is 24.4 Å². The molecular formula is C26H34ClN7O3. The number of nitrogens with one attached hydrogen (secondary N) is 4. The number of amides is 1. The van der Waals surface area contributed by atoms with Crippen LogP contribution in [-0.2, 0) is 4.74 Å². The normalized spacial score (nSPS) is 19.7. The van der Waals surface area contributed by atoms with E-state index in [0.717, 1.165) is 37.1 Å². The Bertz CT molecular complexity index is 1150. The Kier molecular flexibility index (Phi) is 7.78. The van der Waals surface area contributed by atoms with Crippen molar-refractivity contribution in [2.75, 3.05) is 37.0 Å². The van der Waals surface area contributed by atoms with E-state index in [1.807, 2.05) is 18.2 Å². The second-order valence-electron chi connectivity index (χ2n) is 10.2. The highest BCUT2D eigenvalue weighted by Gasteiger charge is 2.45. The molecule has 1 spiro atoms. The fourth-order valence-electron chi connectivity index (χ4n) is 5.50. The zero-order valence-electron chi connectivity index (χ0n) is 20.9. The lowest BCUT2D eigenvalue weighted by Crippen LogP contribution is -2.62. The Morgan fingerprint density at radius 3 is 2.73 bits per heavy atom. The van der Waals surface area contributed by atoms with Gasteiger partial charge in [0.1, 0.15) is 5.69 Å². The number of hydrazine groups is 1. The Morgan fingerprint density at radius 1 is 1.22 bits per heavy atom. The van der Waals surface area contributed by atoms with Crippen molar-refractivity contribution in [3.05, 3.63) is 35.1 Å². The Balaban J connectivity index is 1.57. The Hall–Kier alpha value is -2.95. The predicted octanol–water partition coefficient (Wildman–Crippen LogP) is 4.96. The van der Waals surface area contributed by atoms with Crippen molar-refractivity contribution in [1.29, 1.82) is 5.41 Å². The van der Waals surface area contributed by atoms with Gasteiger partial charge in [-0.05, 0) is 50.2 Å². The lowest BCUT2D eigenvalue weighted by Gasteiger charge is -2.52. The molecule has 1 saturated heterocycles. The quantitative estimate of drug-likeness (QED) is 0.252. The maximum atomic E-state index is 11.3. The molecule has 1 aliphatic heterocycles. The molecule has 2 heterocycles. The van der Waals surface area contributed by atoms with Gasteiger partial charge in [0.25, 0.3) is 0 Å². The van der Waals surface area contributed by atoms with Crippen molar-refractivity contribution in [2.24, 2.45) is 5.92 Å². The minimum absolute atomic E-state index is 0.0148. The predicted molar refractivity (Wildman–Crippen MR) is 143 cm³/mol. The third kappa shape index (κ3) is 5.81. The minimum Gasteiger partial charge on any atom is -0.465 e. The van der Waals surface area contributed by atoms with Crippen molar-refractivity contribution < 1.29 is 14.6 Å². The SMILES string of the molecule is N=C(NC(=O)O)c1nc(NN2CCOCC23CCC3)c(NCC2CCCCC2)c(-c2cccc(Cl)c2)n1. The maximum Gasteiger partial charge on any atom is 0.410 e. The smallest absolute Gasteiger partial charge is 0.410 e. The van der Waals surface area contributed by atoms with Gasteiger partial charge in [-0.15, -0.1) is 0 Å². The summed E-state index contributed by atoms with van der Waals surface area (Å²) in [5, 5.41) is 26.0. The van der Waals surface area contributed by atoms with Crippen LogP contribution in [0.15, 0.2) is 24.3 Å². The van der Waals surface area contributed by atoms with Crippen LogP contribution in [0.4, 0.5) is 16.3 Å². The van der Waals surface area contributed by atoms with Gasteiger partial charge in [-0.1, -0.05) is 43.0 Å². The first kappa shape index (κ1) is 25.7. The van der Waals surface area contributed by atoms with Crippen molar-refractivity contribution in [3.63, 3.8) is 0 Å². The van der Waals surface area contributed by atoms with E-state index in [9.17, 15) is 9.90 Å². The van der Waals surface area contributed by atoms with Crippen molar-refractivity contribution >= 4 is 35.0 Å². The fourth-order valence-corrected chi connectivity index (χ4v) is 5.69. The van der Waals surface area contributed by atoms with Crippen LogP contribution in [0, 0.1) is 11.3 Å². The minimum atomic E-state index is -1.34. The summed E-state index contributed by atoms with van der Waals surface area (Å²) >= 11 is 6.34. The second kappa shape index (κ2) is 11.2. The zero-order chi connectivity index (χ0) is 25.8. The average Bonchev–Trinajstić information content (AvgIpc) is 2.87. The number of nitrogens with zero attached hydrogens (tertiary/aromatic N) is 3. The highest BCUT2D eigenvalue weighted by Crippen LogP contribution is 2.41. The first-order valence-electron chi connectivity index (χ1n) is 13.1. The number of rotatable bonds is 7. The van der Waals surface area contributed by atoms with Crippen LogP contribution >= 0.6 is 11.6 Å². The molecule has 3 fully saturated rings. The second-order valence-corrected chi connectivity index (χ2v) is 10.7. The third-order valence-corrected chi connectivity index (χ3v) is 7.92. The molecule has 2 aliphatic carbocycles. The first-order chi connectivity index (χ1) is 17.9. The van der Waals surface area contributed by atoms with Gasteiger partial charge in [-0.3, -0.25) is 10.7 Å². The summed E-state index contributed by atoms with van der Waals surface area (Å²) in [6.07, 6.45) is 7.98. The van der Waals surface area contributed by atoms with E-state index in [0.29, 0.717) is 42.2 Å². The van der Waals surface area contributed by atoms with E-state index in [2.05, 4.69) is 31.0 Å². The number of hydrogen-bond donors (Lipinski definition) is 5. The zero-order valence-corrected chi connectivity index (χ0v) is 21.6. The van der Waals surface area contributed by atoms with Gasteiger partial charge in [0.2, 0.25) is 0 Å². The van der Waals surface area contributed by atoms with Crippen molar-refractivity contribution in [3.8, 4) is 11.3 Å². The number of ether oxygens (including phenoxy) is 1. The molecule has 2 saturated carbocycles. The van der Waals surface area contributed by atoms with Crippen molar-refractivity contribution in [2.45, 2.75) is 56.9 Å². The molecule has 198 valence electrons. The number of carbonyl (C=O) groups is 1. The lowest BCUT2D eigenvalue weighted by molar-refractivity contribution is -0.0946. The molecule has 0 atom stereocenters. The number of anilines is 2. The van der Waals surface area contributed by atoms with Crippen LogP contribution in [0.25, 0.3) is 11.3 Å². The van der Waals surface area contributed by atoms with E-state index in [1.165, 1.54) is 32.1 Å². The number of benzene rings is 1. The van der Waals surface area contributed by atoms with E-state index in [-0.39, 0.29) is 11.4 Å². The van der Waals surface area contributed by atoms with Crippen LogP contribution < -0.4 is 16.1 Å². The Labute approximate surface area is 221 Å². The van der Waals surface area contributed by atoms with E-state index < -0.39 is 11.9 Å². The van der Waals surface area contributed by atoms with E-state index in [4.69, 9.17) is 21.7 Å². The summed E-state index contributed by atoms with van der Waals surface area (Å²) in [6.45, 7) is 2.73. The van der Waals surface area contributed by atoms with Crippen LogP contribution in [0.2, 0.25) is 5.02 Å². The van der Waals surface area contributed by atoms with Crippen LogP contribution in [0.5, 0.6) is 0 Å². The number of amidine groups is 1. The number of aromatic nitrogens is 2. The highest BCUT2D eigenvalue weighted by atomic mass is 35.5. The molecule has 5 rings (SSSR count). The van der Waals surface area contributed by atoms with Crippen LogP contribution in [0.3, 0.4) is 0 Å². The summed E-state index contributed by atoms with van der Waals surface area (Å²) < 4.78 is 5.81. The highest BCUT2D eigenvalue weighted by molar-refractivity contribution is 6.30. The summed E-state index contributed by atoms with van der Waals surface area (Å²) in [6, 6.07) is 7.37. The topological polar surface area (TPSA) is 135 Å². The molecule has 37 heavy (non-hydrogen) atoms. The summed E-state index contributed by atoms with van der Waals surface area (Å²) in [5.41, 5.74) is 5.50. The van der Waals surface area contributed by atoms with Crippen LogP contribution in [0.1, 0.15) is 57.2 Å². The molecule has 2 aromatic rings. The first-order valence-corrected chi connectivity index (χ1v) is 13.4. The molecule has 1 aromatic heterocycles. The molecule has 0 radical (unpaired) electrons. The molecule has 5 N–H and O–H groups in total. The molecule has 11 heteroatoms. The molecule has 0 bridgehead atoms. The summed E-state index contributed by atoms with van der Waals surface area (Å²) in [5.74, 6) is 0.666. The van der Waals surface area contributed by atoms with Gasteiger partial charge in [-0.2, -0.15) is 0 Å². The third-order valence-electron chi connectivity index (χ3n) is 7.68. The van der Waals surface area contributed by atoms with Crippen molar-refractivity contribution in [1.82, 2.24) is 20.3 Å². The monoisotopic (exact) mass is 527 g/mol. The van der Waals surface area contributed by atoms with Gasteiger partial charge in [0, 0.05) is 23.7 Å². The average molecular weight is 528 g/mol. The van der Waals surface area contributed by atoms with Gasteiger partial charge >= 0.3 is 6.09 Å². The summed E-state index contributed by atoms with van der Waals surface area (Å²) in [4.78, 5) is 20.6. The molecule has 10 nitrogen and oxygen atoms in total. The number of carboxylic acid groups (broad SMARTS) is 1. The number of morpholine rings is 1. The standard InChI is InChI=1S/C26H34ClN7O3/c27-19-9-4-8-18(14-19)20-21(29-15-17-6-2-1-3-7-17)23(32-24(30-20)22(28)31-25(35)36)33-34-12-13-37-16-26(34)10-5-11-26/h4,8-9,14,17,29H,1-3,5-7,10-13,15-16H2,(H2,28,31)(H,35,36)(H,30,32,33). The maximum absolute atomic E-state index is 11.3. The molecule has 1 amide bonds. The van der Waals surface area contributed by atoms with E-state index >= 15 is 0 Å². The summed E-state index contributed by atoms with van der Waals surface area (Å²) in [7, 11) is 0. The lowest BCUT2D eigenvalue weighted by atomic mass is 9.76. The Morgan fingerprint density at radius 2 is 2.03 bits per heavy atom. The van der Waals surface area contributed by atoms with E-state index in [1.54, 1.807) is 6.07 Å². The fraction of sp³-hybridized carbons (Fsp3) is 0.538. The molecule has 0 unspecified atom stereocenters. The largest absolute Gasteiger partial charge is 0.465 e. The molecular weight excluding hydrogens is 494 g/mol. The number of hydrogen-bond acceptors (Lipinski definition) is 8. The van der Waals surface area contributed by atoms with Gasteiger partial charge in [0.15, 0.2) is 17.5 Å². The van der Waals surface area contributed by atoms with Gasteiger partial charge < -0.3 is 20.6 Å². The van der Waals surface area contributed by atoms with Crippen LogP contribution in [-0.4, -0.2) is 63.9 Å². The molecule has 1 aromatic carbocycles.